The van der Waals surface area contributed by atoms with Crippen LogP contribution in [0.15, 0.2) is 29.9 Å². The van der Waals surface area contributed by atoms with Gasteiger partial charge in [0.25, 0.3) is 5.91 Å². The second kappa shape index (κ2) is 7.64. The van der Waals surface area contributed by atoms with Crippen molar-refractivity contribution in [2.45, 2.75) is 38.6 Å². The number of aromatic nitrogens is 2. The molecule has 0 saturated heterocycles. The third kappa shape index (κ3) is 3.71. The maximum absolute atomic E-state index is 12.0. The molecule has 2 atom stereocenters. The highest BCUT2D eigenvalue weighted by atomic mass is 16.5. The number of allylic oxidation sites excluding steroid dienone is 1. The van der Waals surface area contributed by atoms with E-state index >= 15 is 0 Å². The number of fused-ring (bicyclic) bond motifs is 1. The SMILES string of the molecule is CC1=Cc2cc(Nc3nn([C@H]4CCCC[C@@H]4C#N)cc3C(N)=O)ccc2OB1O. The summed E-state index contributed by atoms with van der Waals surface area (Å²) in [6, 6.07) is 7.68. The smallest absolute Gasteiger partial charge is 0.532 e. The van der Waals surface area contributed by atoms with Crippen LogP contribution in [0.5, 0.6) is 5.75 Å². The molecule has 1 saturated carbocycles. The first-order valence-corrected chi connectivity index (χ1v) is 9.69. The van der Waals surface area contributed by atoms with E-state index < -0.39 is 13.0 Å². The van der Waals surface area contributed by atoms with Crippen LogP contribution in [0, 0.1) is 17.2 Å². The van der Waals surface area contributed by atoms with Crippen molar-refractivity contribution in [3.8, 4) is 11.8 Å². The van der Waals surface area contributed by atoms with Crippen LogP contribution < -0.4 is 15.7 Å². The van der Waals surface area contributed by atoms with Crippen molar-refractivity contribution in [3.63, 3.8) is 0 Å². The number of nitrogens with two attached hydrogens (primary N) is 1. The van der Waals surface area contributed by atoms with Crippen molar-refractivity contribution in [3.05, 3.63) is 41.0 Å². The normalized spacial score (nSPS) is 20.9. The molecule has 2 aromatic rings. The van der Waals surface area contributed by atoms with Gasteiger partial charge in [-0.05, 0) is 43.4 Å². The van der Waals surface area contributed by atoms with E-state index in [1.807, 2.05) is 12.1 Å². The summed E-state index contributed by atoms with van der Waals surface area (Å²) in [5.41, 5.74) is 8.08. The molecule has 0 bridgehead atoms. The highest BCUT2D eigenvalue weighted by Crippen LogP contribution is 2.35. The van der Waals surface area contributed by atoms with Gasteiger partial charge in [0, 0.05) is 17.4 Å². The van der Waals surface area contributed by atoms with Crippen LogP contribution in [0.3, 0.4) is 0 Å². The van der Waals surface area contributed by atoms with Gasteiger partial charge in [0.2, 0.25) is 0 Å². The molecule has 1 fully saturated rings. The van der Waals surface area contributed by atoms with Crippen molar-refractivity contribution in [1.82, 2.24) is 9.78 Å². The minimum absolute atomic E-state index is 0.0635. The van der Waals surface area contributed by atoms with Crippen molar-refractivity contribution < 1.29 is 14.5 Å². The van der Waals surface area contributed by atoms with Crippen LogP contribution in [0.1, 0.15) is 54.6 Å². The van der Waals surface area contributed by atoms with Crippen LogP contribution in [0.4, 0.5) is 11.5 Å². The van der Waals surface area contributed by atoms with Gasteiger partial charge < -0.3 is 20.7 Å². The van der Waals surface area contributed by atoms with Crippen LogP contribution in [-0.2, 0) is 0 Å². The van der Waals surface area contributed by atoms with Crippen LogP contribution in [0.25, 0.3) is 6.08 Å². The summed E-state index contributed by atoms with van der Waals surface area (Å²) < 4.78 is 7.16. The Bertz CT molecular complexity index is 1030. The Morgan fingerprint density at radius 3 is 3.00 bits per heavy atom. The van der Waals surface area contributed by atoms with Crippen molar-refractivity contribution in [2.24, 2.45) is 11.7 Å². The summed E-state index contributed by atoms with van der Waals surface area (Å²) in [6.45, 7) is 1.79. The number of nitrogens with one attached hydrogen (secondary N) is 1. The van der Waals surface area contributed by atoms with E-state index in [9.17, 15) is 15.1 Å². The summed E-state index contributed by atoms with van der Waals surface area (Å²) in [5.74, 6) is 0.228. The first-order valence-electron chi connectivity index (χ1n) is 9.69. The molecule has 1 aromatic heterocycles. The van der Waals surface area contributed by atoms with Gasteiger partial charge in [-0.2, -0.15) is 10.4 Å². The third-order valence-electron chi connectivity index (χ3n) is 5.52. The molecule has 0 unspecified atom stereocenters. The molecular formula is C20H22BN5O3. The molecule has 4 rings (SSSR count). The molecule has 0 spiro atoms. The summed E-state index contributed by atoms with van der Waals surface area (Å²) in [7, 11) is -0.943. The lowest BCUT2D eigenvalue weighted by Gasteiger charge is -2.26. The molecule has 2 aliphatic rings. The lowest BCUT2D eigenvalue weighted by molar-refractivity contribution is 0.100. The van der Waals surface area contributed by atoms with E-state index in [1.165, 1.54) is 0 Å². The number of nitriles is 1. The van der Waals surface area contributed by atoms with Gasteiger partial charge in [0.1, 0.15) is 11.3 Å². The van der Waals surface area contributed by atoms with E-state index in [0.29, 0.717) is 22.7 Å². The molecule has 1 aliphatic heterocycles. The molecular weight excluding hydrogens is 369 g/mol. The Kier molecular flexibility index (Phi) is 5.03. The zero-order chi connectivity index (χ0) is 20.5. The fourth-order valence-electron chi connectivity index (χ4n) is 3.93. The van der Waals surface area contributed by atoms with Gasteiger partial charge in [-0.3, -0.25) is 9.48 Å². The molecule has 4 N–H and O–H groups in total. The summed E-state index contributed by atoms with van der Waals surface area (Å²) in [5, 5.41) is 27.0. The number of nitrogens with zero attached hydrogens (tertiary/aromatic N) is 3. The van der Waals surface area contributed by atoms with Crippen LogP contribution in [0.2, 0.25) is 0 Å². The molecule has 2 heterocycles. The Hall–Kier alpha value is -3.25. The van der Waals surface area contributed by atoms with Gasteiger partial charge in [0.15, 0.2) is 5.82 Å². The largest absolute Gasteiger partial charge is 0.555 e. The average Bonchev–Trinajstić information content (AvgIpc) is 3.13. The van der Waals surface area contributed by atoms with Crippen LogP contribution >= 0.6 is 0 Å². The second-order valence-electron chi connectivity index (χ2n) is 7.56. The minimum Gasteiger partial charge on any atom is -0.532 e. The fraction of sp³-hybridized carbons (Fsp3) is 0.350. The molecule has 1 aromatic carbocycles. The molecule has 1 aliphatic carbocycles. The van der Waals surface area contributed by atoms with E-state index in [1.54, 1.807) is 29.9 Å². The monoisotopic (exact) mass is 391 g/mol. The first-order chi connectivity index (χ1) is 14.0. The minimum atomic E-state index is -0.943. The van der Waals surface area contributed by atoms with Crippen molar-refractivity contribution in [2.75, 3.05) is 5.32 Å². The molecule has 8 nitrogen and oxygen atoms in total. The Morgan fingerprint density at radius 2 is 2.24 bits per heavy atom. The number of carbonyl (C=O) groups is 1. The van der Waals surface area contributed by atoms with Crippen LogP contribution in [-0.4, -0.2) is 27.8 Å². The number of amides is 1. The highest BCUT2D eigenvalue weighted by molar-refractivity contribution is 6.54. The fourth-order valence-corrected chi connectivity index (χ4v) is 3.93. The van der Waals surface area contributed by atoms with E-state index in [4.69, 9.17) is 10.4 Å². The van der Waals surface area contributed by atoms with Gasteiger partial charge in [-0.15, -0.1) is 0 Å². The Morgan fingerprint density at radius 1 is 1.45 bits per heavy atom. The number of anilines is 2. The lowest BCUT2D eigenvalue weighted by atomic mass is 9.76. The number of carbonyl (C=O) groups excluding carboxylic acids is 1. The third-order valence-corrected chi connectivity index (χ3v) is 5.52. The summed E-state index contributed by atoms with van der Waals surface area (Å²) in [6.07, 6.45) is 7.22. The van der Waals surface area contributed by atoms with E-state index in [2.05, 4.69) is 16.5 Å². The average molecular weight is 391 g/mol. The van der Waals surface area contributed by atoms with Gasteiger partial charge in [0.05, 0.1) is 18.0 Å². The Balaban J connectivity index is 1.64. The van der Waals surface area contributed by atoms with Gasteiger partial charge >= 0.3 is 7.12 Å². The topological polar surface area (TPSA) is 126 Å². The maximum atomic E-state index is 12.0. The van der Waals surface area contributed by atoms with E-state index in [0.717, 1.165) is 31.2 Å². The number of primary amides is 1. The predicted molar refractivity (Wildman–Crippen MR) is 109 cm³/mol. The highest BCUT2D eigenvalue weighted by Gasteiger charge is 2.29. The number of hydrogen-bond donors (Lipinski definition) is 3. The Labute approximate surface area is 169 Å². The standard InChI is InChI=1S/C20H22BN5O3/c1-12-8-14-9-15(6-7-18(14)29-21(12)28)24-20-16(19(23)27)11-26(25-20)17-5-3-2-4-13(17)10-22/h6-9,11,13,17,28H,2-5H2,1H3,(H2,23,27)(H,24,25)/t13-,17+/m1/s1. The molecule has 0 radical (unpaired) electrons. The second-order valence-corrected chi connectivity index (χ2v) is 7.56. The maximum Gasteiger partial charge on any atom is 0.555 e. The molecule has 148 valence electrons. The van der Waals surface area contributed by atoms with Gasteiger partial charge in [-0.1, -0.05) is 18.9 Å². The summed E-state index contributed by atoms with van der Waals surface area (Å²) >= 11 is 0. The molecule has 9 heteroatoms. The van der Waals surface area contributed by atoms with Crippen molar-refractivity contribution in [1.29, 1.82) is 5.26 Å². The number of rotatable bonds is 4. The first kappa shape index (κ1) is 19.1. The van der Waals surface area contributed by atoms with Gasteiger partial charge in [-0.25, -0.2) is 0 Å². The quantitative estimate of drug-likeness (QED) is 0.688. The zero-order valence-electron chi connectivity index (χ0n) is 16.1. The van der Waals surface area contributed by atoms with E-state index in [-0.39, 0.29) is 17.5 Å². The number of hydrogen-bond acceptors (Lipinski definition) is 6. The predicted octanol–water partition coefficient (Wildman–Crippen LogP) is 2.80. The lowest BCUT2D eigenvalue weighted by Crippen LogP contribution is -2.26. The zero-order valence-corrected chi connectivity index (χ0v) is 16.1. The summed E-state index contributed by atoms with van der Waals surface area (Å²) in [4.78, 5) is 12.0. The molecule has 1 amide bonds. The molecule has 29 heavy (non-hydrogen) atoms. The van der Waals surface area contributed by atoms with Crippen molar-refractivity contribution >= 4 is 30.6 Å². The number of benzene rings is 1.